The van der Waals surface area contributed by atoms with Crippen molar-refractivity contribution in [1.82, 2.24) is 4.31 Å². The van der Waals surface area contributed by atoms with Crippen LogP contribution >= 0.6 is 23.2 Å². The average molecular weight is 462 g/mol. The van der Waals surface area contributed by atoms with Crippen molar-refractivity contribution >= 4 is 39.2 Å². The zero-order valence-electron chi connectivity index (χ0n) is 15.4. The van der Waals surface area contributed by atoms with E-state index in [1.165, 1.54) is 31.3 Å². The van der Waals surface area contributed by atoms with Crippen LogP contribution < -0.4 is 4.74 Å². The fraction of sp³-hybridized carbons (Fsp3) is 0.316. The van der Waals surface area contributed by atoms with Crippen molar-refractivity contribution in [1.29, 1.82) is 0 Å². The van der Waals surface area contributed by atoms with Crippen molar-refractivity contribution in [2.75, 3.05) is 13.7 Å². The molecule has 0 aliphatic heterocycles. The number of fused-ring (bicyclic) bond motifs is 1. The number of hydrogen-bond donors (Lipinski definition) is 1. The summed E-state index contributed by atoms with van der Waals surface area (Å²) in [6, 6.07) is 5.87. The number of halogens is 3. The fourth-order valence-corrected chi connectivity index (χ4v) is 5.57. The molecular weight excluding hydrogens is 444 g/mol. The van der Waals surface area contributed by atoms with Gasteiger partial charge in [0.1, 0.15) is 16.5 Å². The summed E-state index contributed by atoms with van der Waals surface area (Å²) < 4.78 is 47.0. The minimum absolute atomic E-state index is 0.0296. The standard InChI is InChI=1S/C19H18Cl2FNO5S/c1-23(29(26,27)18-7-11(20)5-6-15(18)21)16-4-2-3-13-14(16)8-12(22)9-17(13)28-10-19(24)25/h5-9,16H,2-4,10H2,1H3,(H,24,25). The Balaban J connectivity index is 2.03. The first-order chi connectivity index (χ1) is 13.6. The van der Waals surface area contributed by atoms with E-state index >= 15 is 0 Å². The topological polar surface area (TPSA) is 83.9 Å². The molecule has 6 nitrogen and oxygen atoms in total. The minimum Gasteiger partial charge on any atom is -0.482 e. The Morgan fingerprint density at radius 2 is 2.03 bits per heavy atom. The fourth-order valence-electron chi connectivity index (χ4n) is 3.47. The number of benzene rings is 2. The minimum atomic E-state index is -4.03. The number of carboxylic acids is 1. The third-order valence-electron chi connectivity index (χ3n) is 4.81. The molecule has 0 fully saturated rings. The van der Waals surface area contributed by atoms with E-state index in [2.05, 4.69) is 0 Å². The lowest BCUT2D eigenvalue weighted by Gasteiger charge is -2.33. The van der Waals surface area contributed by atoms with Gasteiger partial charge >= 0.3 is 5.97 Å². The van der Waals surface area contributed by atoms with Gasteiger partial charge in [0.15, 0.2) is 6.61 Å². The Labute approximate surface area is 177 Å². The van der Waals surface area contributed by atoms with Crippen molar-refractivity contribution in [3.05, 3.63) is 57.3 Å². The largest absolute Gasteiger partial charge is 0.482 e. The molecule has 0 amide bonds. The van der Waals surface area contributed by atoms with Crippen LogP contribution in [0.3, 0.4) is 0 Å². The van der Waals surface area contributed by atoms with Crippen LogP contribution in [0.5, 0.6) is 5.75 Å². The second-order valence-electron chi connectivity index (χ2n) is 6.66. The molecule has 1 N–H and O–H groups in total. The number of hydrogen-bond acceptors (Lipinski definition) is 4. The molecule has 0 aromatic heterocycles. The summed E-state index contributed by atoms with van der Waals surface area (Å²) in [5.74, 6) is -1.72. The van der Waals surface area contributed by atoms with Crippen LogP contribution in [0.2, 0.25) is 10.0 Å². The highest BCUT2D eigenvalue weighted by Crippen LogP contribution is 2.41. The Morgan fingerprint density at radius 3 is 2.72 bits per heavy atom. The van der Waals surface area contributed by atoms with Crippen molar-refractivity contribution in [2.24, 2.45) is 0 Å². The second kappa shape index (κ2) is 8.47. The highest BCUT2D eigenvalue weighted by Gasteiger charge is 2.35. The van der Waals surface area contributed by atoms with Crippen molar-refractivity contribution in [2.45, 2.75) is 30.2 Å². The maximum absolute atomic E-state index is 14.2. The number of carboxylic acid groups (broad SMARTS) is 1. The predicted octanol–water partition coefficient (Wildman–Crippen LogP) is 4.29. The summed E-state index contributed by atoms with van der Waals surface area (Å²) in [5, 5.41) is 9.09. The van der Waals surface area contributed by atoms with Crippen molar-refractivity contribution < 1.29 is 27.4 Å². The molecule has 0 spiro atoms. The van der Waals surface area contributed by atoms with E-state index < -0.39 is 34.5 Å². The van der Waals surface area contributed by atoms with Gasteiger partial charge in [0.05, 0.1) is 11.1 Å². The van der Waals surface area contributed by atoms with E-state index in [0.29, 0.717) is 30.4 Å². The number of ether oxygens (including phenoxy) is 1. The maximum atomic E-state index is 14.2. The number of aliphatic carboxylic acids is 1. The summed E-state index contributed by atoms with van der Waals surface area (Å²) in [5.41, 5.74) is 1.05. The van der Waals surface area contributed by atoms with Gasteiger partial charge in [-0.15, -0.1) is 0 Å². The molecule has 0 heterocycles. The van der Waals surface area contributed by atoms with E-state index in [0.717, 1.165) is 10.4 Å². The zero-order valence-corrected chi connectivity index (χ0v) is 17.7. The molecule has 1 aliphatic rings. The smallest absolute Gasteiger partial charge is 0.341 e. The van der Waals surface area contributed by atoms with Gasteiger partial charge in [0.2, 0.25) is 10.0 Å². The Morgan fingerprint density at radius 1 is 1.31 bits per heavy atom. The van der Waals surface area contributed by atoms with Crippen LogP contribution in [0.25, 0.3) is 0 Å². The summed E-state index contributed by atoms with van der Waals surface area (Å²) >= 11 is 12.0. The Hall–Kier alpha value is -1.87. The van der Waals surface area contributed by atoms with Gasteiger partial charge in [-0.1, -0.05) is 23.2 Å². The van der Waals surface area contributed by atoms with Gasteiger partial charge in [0.25, 0.3) is 0 Å². The quantitative estimate of drug-likeness (QED) is 0.693. The van der Waals surface area contributed by atoms with Gasteiger partial charge < -0.3 is 9.84 Å². The molecule has 0 radical (unpaired) electrons. The molecular formula is C19H18Cl2FNO5S. The lowest BCUT2D eigenvalue weighted by atomic mass is 9.87. The monoisotopic (exact) mass is 461 g/mol. The Bertz CT molecular complexity index is 1060. The van der Waals surface area contributed by atoms with Crippen LogP contribution in [0.4, 0.5) is 4.39 Å². The summed E-state index contributed by atoms with van der Waals surface area (Å²) in [6.07, 6.45) is 1.60. The second-order valence-corrected chi connectivity index (χ2v) is 9.47. The molecule has 1 aliphatic carbocycles. The van der Waals surface area contributed by atoms with Crippen LogP contribution in [0.1, 0.15) is 30.0 Å². The number of sulfonamides is 1. The summed E-state index contributed by atoms with van der Waals surface area (Å²) in [7, 11) is -2.63. The van der Waals surface area contributed by atoms with Gasteiger partial charge in [-0.3, -0.25) is 0 Å². The third kappa shape index (κ3) is 4.50. The first-order valence-corrected chi connectivity index (χ1v) is 10.9. The van der Waals surface area contributed by atoms with Crippen molar-refractivity contribution in [3.63, 3.8) is 0 Å². The van der Waals surface area contributed by atoms with Crippen LogP contribution in [0.15, 0.2) is 35.2 Å². The molecule has 29 heavy (non-hydrogen) atoms. The summed E-state index contributed by atoms with van der Waals surface area (Å²) in [6.45, 7) is -0.618. The third-order valence-corrected chi connectivity index (χ3v) is 7.40. The van der Waals surface area contributed by atoms with E-state index in [4.69, 9.17) is 33.0 Å². The molecule has 1 unspecified atom stereocenters. The molecule has 0 bridgehead atoms. The molecule has 2 aromatic carbocycles. The van der Waals surface area contributed by atoms with Crippen LogP contribution in [-0.4, -0.2) is 37.5 Å². The molecule has 0 saturated heterocycles. The van der Waals surface area contributed by atoms with E-state index in [1.807, 2.05) is 0 Å². The normalized spacial score (nSPS) is 16.5. The molecule has 0 saturated carbocycles. The highest BCUT2D eigenvalue weighted by atomic mass is 35.5. The molecule has 156 valence electrons. The maximum Gasteiger partial charge on any atom is 0.341 e. The highest BCUT2D eigenvalue weighted by molar-refractivity contribution is 7.89. The first-order valence-electron chi connectivity index (χ1n) is 8.71. The van der Waals surface area contributed by atoms with Gasteiger partial charge in [-0.05, 0) is 54.7 Å². The molecule has 10 heteroatoms. The van der Waals surface area contributed by atoms with Gasteiger partial charge in [-0.25, -0.2) is 17.6 Å². The zero-order chi connectivity index (χ0) is 21.3. The molecule has 2 aromatic rings. The molecule has 3 rings (SSSR count). The Kier molecular flexibility index (Phi) is 6.38. The van der Waals surface area contributed by atoms with Gasteiger partial charge in [-0.2, -0.15) is 4.31 Å². The SMILES string of the molecule is CN(C1CCCc2c(OCC(=O)O)cc(F)cc21)S(=O)(=O)c1cc(Cl)ccc1Cl. The lowest BCUT2D eigenvalue weighted by molar-refractivity contribution is -0.139. The van der Waals surface area contributed by atoms with E-state index in [-0.39, 0.29) is 20.7 Å². The predicted molar refractivity (Wildman–Crippen MR) is 107 cm³/mol. The van der Waals surface area contributed by atoms with Crippen LogP contribution in [-0.2, 0) is 21.2 Å². The average Bonchev–Trinajstić information content (AvgIpc) is 2.66. The van der Waals surface area contributed by atoms with Crippen molar-refractivity contribution in [3.8, 4) is 5.75 Å². The van der Waals surface area contributed by atoms with Gasteiger partial charge in [0, 0.05) is 18.1 Å². The number of nitrogens with zero attached hydrogens (tertiary/aromatic N) is 1. The summed E-state index contributed by atoms with van der Waals surface area (Å²) in [4.78, 5) is 10.7. The van der Waals surface area contributed by atoms with E-state index in [9.17, 15) is 17.6 Å². The molecule has 1 atom stereocenters. The lowest BCUT2D eigenvalue weighted by Crippen LogP contribution is -2.34. The van der Waals surface area contributed by atoms with E-state index in [1.54, 1.807) is 0 Å². The van der Waals surface area contributed by atoms with Crippen LogP contribution in [0, 0.1) is 5.82 Å². The number of carbonyl (C=O) groups is 1. The first kappa shape index (κ1) is 21.8. The number of rotatable bonds is 6.